The number of methoxy groups -OCH3 is 1. The number of ether oxygens (including phenoxy) is 1. The Morgan fingerprint density at radius 1 is 1.40 bits per heavy atom. The molecule has 0 radical (unpaired) electrons. The second-order valence-electron chi connectivity index (χ2n) is 5.12. The van der Waals surface area contributed by atoms with Gasteiger partial charge in [-0.2, -0.15) is 0 Å². The first kappa shape index (κ1) is 16.5. The van der Waals surface area contributed by atoms with E-state index in [1.54, 1.807) is 19.2 Å². The minimum absolute atomic E-state index is 0.0413. The summed E-state index contributed by atoms with van der Waals surface area (Å²) in [5.74, 6) is -0.0413. The number of rotatable bonds is 7. The Hall–Kier alpha value is -1.59. The monoisotopic (exact) mass is 279 g/mol. The molecule has 0 saturated heterocycles. The van der Waals surface area contributed by atoms with E-state index in [0.717, 1.165) is 12.2 Å². The molecule has 5 nitrogen and oxygen atoms in total. The highest BCUT2D eigenvalue weighted by Crippen LogP contribution is 2.14. The summed E-state index contributed by atoms with van der Waals surface area (Å²) in [5.41, 5.74) is 7.06. The number of anilines is 2. The number of carbonyl (C=O) groups excluding carboxylic acids is 1. The van der Waals surface area contributed by atoms with Crippen LogP contribution in [0.1, 0.15) is 20.8 Å². The predicted molar refractivity (Wildman–Crippen MR) is 82.7 cm³/mol. The van der Waals surface area contributed by atoms with E-state index in [-0.39, 0.29) is 18.0 Å². The zero-order valence-corrected chi connectivity index (χ0v) is 12.7. The lowest BCUT2D eigenvalue weighted by Crippen LogP contribution is -2.47. The SMILES string of the molecule is COCCN(C(C)C)C(C)C(=O)Nc1cccc(N)c1. The van der Waals surface area contributed by atoms with Crippen molar-refractivity contribution in [3.05, 3.63) is 24.3 Å². The molecule has 0 bridgehead atoms. The molecule has 1 atom stereocenters. The second kappa shape index (κ2) is 7.87. The molecule has 0 spiro atoms. The summed E-state index contributed by atoms with van der Waals surface area (Å²) in [4.78, 5) is 14.4. The number of nitrogens with zero attached hydrogens (tertiary/aromatic N) is 1. The van der Waals surface area contributed by atoms with Gasteiger partial charge in [-0.3, -0.25) is 9.69 Å². The number of nitrogens with two attached hydrogens (primary N) is 1. The van der Waals surface area contributed by atoms with Crippen LogP contribution in [0, 0.1) is 0 Å². The molecule has 3 N–H and O–H groups in total. The van der Waals surface area contributed by atoms with Crippen molar-refractivity contribution in [3.63, 3.8) is 0 Å². The van der Waals surface area contributed by atoms with Gasteiger partial charge in [-0.15, -0.1) is 0 Å². The molecule has 5 heteroatoms. The van der Waals surface area contributed by atoms with Gasteiger partial charge >= 0.3 is 0 Å². The van der Waals surface area contributed by atoms with Crippen LogP contribution in [0.5, 0.6) is 0 Å². The fourth-order valence-electron chi connectivity index (χ4n) is 2.11. The van der Waals surface area contributed by atoms with Gasteiger partial charge in [0, 0.05) is 31.1 Å². The number of hydrogen-bond acceptors (Lipinski definition) is 4. The molecule has 1 aromatic carbocycles. The van der Waals surface area contributed by atoms with Crippen molar-refractivity contribution in [1.29, 1.82) is 0 Å². The fourth-order valence-corrected chi connectivity index (χ4v) is 2.11. The van der Waals surface area contributed by atoms with E-state index in [1.165, 1.54) is 0 Å². The van der Waals surface area contributed by atoms with Crippen molar-refractivity contribution >= 4 is 17.3 Å². The van der Waals surface area contributed by atoms with Crippen LogP contribution >= 0.6 is 0 Å². The summed E-state index contributed by atoms with van der Waals surface area (Å²) in [5, 5.41) is 2.89. The van der Waals surface area contributed by atoms with E-state index < -0.39 is 0 Å². The van der Waals surface area contributed by atoms with Crippen molar-refractivity contribution in [3.8, 4) is 0 Å². The maximum absolute atomic E-state index is 12.3. The van der Waals surface area contributed by atoms with Gasteiger partial charge in [-0.1, -0.05) is 6.07 Å². The van der Waals surface area contributed by atoms with Gasteiger partial charge in [0.05, 0.1) is 12.6 Å². The molecule has 1 unspecified atom stereocenters. The molecule has 0 heterocycles. The van der Waals surface area contributed by atoms with Crippen LogP contribution in [0.15, 0.2) is 24.3 Å². The minimum atomic E-state index is -0.230. The van der Waals surface area contributed by atoms with Gasteiger partial charge in [0.2, 0.25) is 5.91 Å². The number of benzene rings is 1. The topological polar surface area (TPSA) is 67.6 Å². The van der Waals surface area contributed by atoms with Crippen LogP contribution in [0.2, 0.25) is 0 Å². The highest BCUT2D eigenvalue weighted by atomic mass is 16.5. The summed E-state index contributed by atoms with van der Waals surface area (Å²) in [6.07, 6.45) is 0. The van der Waals surface area contributed by atoms with Gasteiger partial charge in [0.1, 0.15) is 0 Å². The van der Waals surface area contributed by atoms with E-state index in [0.29, 0.717) is 12.3 Å². The van der Waals surface area contributed by atoms with Crippen LogP contribution in [0.4, 0.5) is 11.4 Å². The van der Waals surface area contributed by atoms with Crippen molar-refractivity contribution < 1.29 is 9.53 Å². The van der Waals surface area contributed by atoms with Crippen LogP contribution < -0.4 is 11.1 Å². The van der Waals surface area contributed by atoms with Crippen molar-refractivity contribution in [1.82, 2.24) is 4.90 Å². The molecule has 0 aliphatic rings. The third-order valence-electron chi connectivity index (χ3n) is 3.25. The summed E-state index contributed by atoms with van der Waals surface area (Å²) in [6, 6.07) is 7.23. The van der Waals surface area contributed by atoms with E-state index >= 15 is 0 Å². The lowest BCUT2D eigenvalue weighted by Gasteiger charge is -2.31. The molecule has 1 amide bonds. The molecule has 0 fully saturated rings. The quantitative estimate of drug-likeness (QED) is 0.749. The molecule has 0 aliphatic carbocycles. The van der Waals surface area contributed by atoms with Gasteiger partial charge in [-0.05, 0) is 39.0 Å². The van der Waals surface area contributed by atoms with Gasteiger partial charge in [0.25, 0.3) is 0 Å². The lowest BCUT2D eigenvalue weighted by molar-refractivity contribution is -0.121. The van der Waals surface area contributed by atoms with Crippen molar-refractivity contribution in [2.45, 2.75) is 32.9 Å². The largest absolute Gasteiger partial charge is 0.399 e. The molecule has 112 valence electrons. The van der Waals surface area contributed by atoms with Crippen molar-refractivity contribution in [2.75, 3.05) is 31.3 Å². The normalized spacial score (nSPS) is 12.7. The third kappa shape index (κ3) is 4.83. The van der Waals surface area contributed by atoms with Gasteiger partial charge in [-0.25, -0.2) is 0 Å². The maximum Gasteiger partial charge on any atom is 0.241 e. The fraction of sp³-hybridized carbons (Fsp3) is 0.533. The Balaban J connectivity index is 2.68. The standard InChI is InChI=1S/C15H25N3O2/c1-11(2)18(8-9-20-4)12(3)15(19)17-14-7-5-6-13(16)10-14/h5-7,10-12H,8-9,16H2,1-4H3,(H,17,19). The zero-order chi connectivity index (χ0) is 15.1. The Bertz CT molecular complexity index is 435. The van der Waals surface area contributed by atoms with Crippen LogP contribution in [-0.2, 0) is 9.53 Å². The number of nitrogen functional groups attached to an aromatic ring is 1. The molecule has 1 aromatic rings. The number of hydrogen-bond donors (Lipinski definition) is 2. The van der Waals surface area contributed by atoms with E-state index in [1.807, 2.05) is 19.1 Å². The number of nitrogens with one attached hydrogen (secondary N) is 1. The first-order valence-electron chi connectivity index (χ1n) is 6.86. The second-order valence-corrected chi connectivity index (χ2v) is 5.12. The van der Waals surface area contributed by atoms with Crippen LogP contribution in [-0.4, -0.2) is 43.2 Å². The molecular formula is C15H25N3O2. The lowest BCUT2D eigenvalue weighted by atomic mass is 10.2. The highest BCUT2D eigenvalue weighted by Gasteiger charge is 2.23. The summed E-state index contributed by atoms with van der Waals surface area (Å²) >= 11 is 0. The Morgan fingerprint density at radius 3 is 2.65 bits per heavy atom. The Labute approximate surface area is 121 Å². The molecule has 0 saturated carbocycles. The summed E-state index contributed by atoms with van der Waals surface area (Å²) < 4.78 is 5.10. The maximum atomic E-state index is 12.3. The Morgan fingerprint density at radius 2 is 2.10 bits per heavy atom. The first-order chi connectivity index (χ1) is 9.45. The molecular weight excluding hydrogens is 254 g/mol. The minimum Gasteiger partial charge on any atom is -0.399 e. The predicted octanol–water partition coefficient (Wildman–Crippen LogP) is 1.95. The van der Waals surface area contributed by atoms with Crippen molar-refractivity contribution in [2.24, 2.45) is 0 Å². The van der Waals surface area contributed by atoms with Gasteiger partial charge in [0.15, 0.2) is 0 Å². The highest BCUT2D eigenvalue weighted by molar-refractivity contribution is 5.94. The summed E-state index contributed by atoms with van der Waals surface area (Å²) in [6.45, 7) is 7.37. The molecule has 0 aromatic heterocycles. The zero-order valence-electron chi connectivity index (χ0n) is 12.7. The molecule has 1 rings (SSSR count). The van der Waals surface area contributed by atoms with E-state index in [9.17, 15) is 4.79 Å². The molecule has 0 aliphatic heterocycles. The smallest absolute Gasteiger partial charge is 0.241 e. The third-order valence-corrected chi connectivity index (χ3v) is 3.25. The first-order valence-corrected chi connectivity index (χ1v) is 6.86. The van der Waals surface area contributed by atoms with E-state index in [2.05, 4.69) is 24.1 Å². The molecule has 20 heavy (non-hydrogen) atoms. The number of carbonyl (C=O) groups is 1. The average molecular weight is 279 g/mol. The van der Waals surface area contributed by atoms with Crippen LogP contribution in [0.25, 0.3) is 0 Å². The summed E-state index contributed by atoms with van der Waals surface area (Å²) in [7, 11) is 1.66. The van der Waals surface area contributed by atoms with Gasteiger partial charge < -0.3 is 15.8 Å². The van der Waals surface area contributed by atoms with Crippen LogP contribution in [0.3, 0.4) is 0 Å². The average Bonchev–Trinajstić information content (AvgIpc) is 2.38. The van der Waals surface area contributed by atoms with E-state index in [4.69, 9.17) is 10.5 Å². The number of amides is 1. The Kier molecular flexibility index (Phi) is 6.48.